The van der Waals surface area contributed by atoms with Gasteiger partial charge in [-0.05, 0) is 0 Å². The SMILES string of the molecule is FC(F)(F)C(F)(F)C(F)(F)C(F)(F)C1(Cl)OC(Cl)(Cl)C(F)(F)C1(F)F. The Morgan fingerprint density at radius 3 is 1.20 bits per heavy atom. The van der Waals surface area contributed by atoms with E-state index in [2.05, 4.69) is 39.5 Å². The molecule has 0 radical (unpaired) electrons. The lowest BCUT2D eigenvalue weighted by molar-refractivity contribution is -0.419. The Balaban J connectivity index is 3.68. The average Bonchev–Trinajstić information content (AvgIpc) is 2.43. The van der Waals surface area contributed by atoms with E-state index in [4.69, 9.17) is 0 Å². The van der Waals surface area contributed by atoms with E-state index in [1.54, 1.807) is 0 Å². The molecule has 0 bridgehead atoms. The number of alkyl halides is 16. The van der Waals surface area contributed by atoms with E-state index in [1.165, 1.54) is 0 Å². The van der Waals surface area contributed by atoms with Crippen LogP contribution < -0.4 is 0 Å². The normalized spacial score (nSPS) is 29.8. The van der Waals surface area contributed by atoms with Crippen molar-refractivity contribution in [2.75, 3.05) is 0 Å². The van der Waals surface area contributed by atoms with Crippen molar-refractivity contribution in [3.8, 4) is 0 Å². The van der Waals surface area contributed by atoms with Gasteiger partial charge in [-0.15, -0.1) is 0 Å². The maximum absolute atomic E-state index is 13.6. The third-order valence-corrected chi connectivity index (χ3v) is 4.16. The number of halogens is 16. The summed E-state index contributed by atoms with van der Waals surface area (Å²) in [5.41, 5.74) is 0. The van der Waals surface area contributed by atoms with Crippen molar-refractivity contribution in [1.82, 2.24) is 0 Å². The third-order valence-electron chi connectivity index (χ3n) is 2.98. The van der Waals surface area contributed by atoms with Gasteiger partial charge in [-0.3, -0.25) is 0 Å². The Hall–Kier alpha value is -0.0800. The molecule has 0 aromatic rings. The summed E-state index contributed by atoms with van der Waals surface area (Å²) in [6, 6.07) is 0. The number of ether oxygens (including phenoxy) is 1. The molecule has 0 N–H and O–H groups in total. The maximum Gasteiger partial charge on any atom is 0.460 e. The van der Waals surface area contributed by atoms with E-state index in [0.29, 0.717) is 0 Å². The lowest BCUT2D eigenvalue weighted by Gasteiger charge is -2.41. The summed E-state index contributed by atoms with van der Waals surface area (Å²) in [6.07, 6.45) is -7.41. The second kappa shape index (κ2) is 5.25. The van der Waals surface area contributed by atoms with Crippen molar-refractivity contribution in [3.05, 3.63) is 0 Å². The minimum atomic E-state index is -7.78. The molecule has 17 heteroatoms. The van der Waals surface area contributed by atoms with Gasteiger partial charge in [0.15, 0.2) is 0 Å². The first-order valence-corrected chi connectivity index (χ1v) is 6.32. The summed E-state index contributed by atoms with van der Waals surface area (Å²) < 4.78 is 166. The molecule has 1 unspecified atom stereocenters. The minimum Gasteiger partial charge on any atom is -0.307 e. The highest BCUT2D eigenvalue weighted by Crippen LogP contribution is 2.70. The topological polar surface area (TPSA) is 9.23 Å². The van der Waals surface area contributed by atoms with Crippen LogP contribution in [0, 0.1) is 0 Å². The molecule has 0 aliphatic carbocycles. The van der Waals surface area contributed by atoms with Gasteiger partial charge in [-0.25, -0.2) is 0 Å². The van der Waals surface area contributed by atoms with E-state index >= 15 is 0 Å². The van der Waals surface area contributed by atoms with Gasteiger partial charge in [-0.1, -0.05) is 34.8 Å². The number of rotatable bonds is 3. The molecular formula is C8Cl3F13O. The summed E-state index contributed by atoms with van der Waals surface area (Å²) in [5, 5.41) is -6.18. The van der Waals surface area contributed by atoms with Crippen LogP contribution in [0.3, 0.4) is 0 Å². The molecular weight excluding hydrogens is 465 g/mol. The van der Waals surface area contributed by atoms with E-state index in [9.17, 15) is 57.1 Å². The molecule has 0 spiro atoms. The second-order valence-electron chi connectivity index (χ2n) is 4.58. The fourth-order valence-corrected chi connectivity index (χ4v) is 2.43. The van der Waals surface area contributed by atoms with Crippen molar-refractivity contribution in [2.45, 2.75) is 45.4 Å². The zero-order valence-corrected chi connectivity index (χ0v) is 12.7. The predicted molar refractivity (Wildman–Crippen MR) is 54.9 cm³/mol. The quantitative estimate of drug-likeness (QED) is 0.377. The van der Waals surface area contributed by atoms with Crippen molar-refractivity contribution < 1.29 is 61.8 Å². The summed E-state index contributed by atoms with van der Waals surface area (Å²) >= 11 is 13.1. The Bertz CT molecular complexity index is 556. The predicted octanol–water partition coefficient (Wildman–Crippen LogP) is 5.82. The van der Waals surface area contributed by atoms with Gasteiger partial charge in [0.1, 0.15) is 0 Å². The van der Waals surface area contributed by atoms with E-state index in [1.807, 2.05) is 0 Å². The first-order chi connectivity index (χ1) is 10.5. The molecule has 1 aliphatic heterocycles. The Morgan fingerprint density at radius 1 is 0.600 bits per heavy atom. The zero-order valence-electron chi connectivity index (χ0n) is 10.5. The van der Waals surface area contributed by atoms with Crippen LogP contribution in [-0.2, 0) is 4.74 Å². The van der Waals surface area contributed by atoms with Crippen LogP contribution in [0.1, 0.15) is 0 Å². The fourth-order valence-electron chi connectivity index (χ4n) is 1.53. The van der Waals surface area contributed by atoms with Gasteiger partial charge >= 0.3 is 35.8 Å². The molecule has 150 valence electrons. The van der Waals surface area contributed by atoms with Crippen LogP contribution >= 0.6 is 34.8 Å². The molecule has 1 heterocycles. The molecule has 1 rings (SSSR count). The van der Waals surface area contributed by atoms with Crippen LogP contribution in [-0.4, -0.2) is 45.4 Å². The van der Waals surface area contributed by atoms with Crippen LogP contribution in [0.15, 0.2) is 0 Å². The Morgan fingerprint density at radius 2 is 0.960 bits per heavy atom. The average molecular weight is 465 g/mol. The van der Waals surface area contributed by atoms with Crippen LogP contribution in [0.4, 0.5) is 57.1 Å². The molecule has 0 saturated carbocycles. The van der Waals surface area contributed by atoms with Gasteiger partial charge in [0.25, 0.3) is 9.58 Å². The largest absolute Gasteiger partial charge is 0.460 e. The van der Waals surface area contributed by atoms with Crippen LogP contribution in [0.5, 0.6) is 0 Å². The molecule has 0 aromatic carbocycles. The molecule has 1 aliphatic rings. The number of hydrogen-bond donors (Lipinski definition) is 0. The van der Waals surface area contributed by atoms with E-state index in [-0.39, 0.29) is 0 Å². The first kappa shape index (κ1) is 23.0. The van der Waals surface area contributed by atoms with E-state index in [0.717, 1.165) is 0 Å². The minimum absolute atomic E-state index is 2.89. The first-order valence-electron chi connectivity index (χ1n) is 5.18. The number of hydrogen-bond acceptors (Lipinski definition) is 1. The summed E-state index contributed by atoms with van der Waals surface area (Å²) in [4.78, 5) is 0. The smallest absolute Gasteiger partial charge is 0.307 e. The lowest BCUT2D eigenvalue weighted by atomic mass is 9.93. The van der Waals surface area contributed by atoms with Gasteiger partial charge in [0.05, 0.1) is 0 Å². The van der Waals surface area contributed by atoms with Gasteiger partial charge in [0, 0.05) is 0 Å². The molecule has 1 atom stereocenters. The standard InChI is InChI=1S/C8Cl3F13O/c9-1(3(14,15)5(18,19)7(10,11)25-1)2(12,13)4(16,17)6(20,21)8(22,23)24. The zero-order chi connectivity index (χ0) is 20.7. The maximum atomic E-state index is 13.6. The summed E-state index contributed by atoms with van der Waals surface area (Å²) in [5.74, 6) is -35.9. The third kappa shape index (κ3) is 2.42. The van der Waals surface area contributed by atoms with E-state index < -0.39 is 45.4 Å². The molecule has 0 aromatic heterocycles. The fraction of sp³-hybridized carbons (Fsp3) is 1.00. The van der Waals surface area contributed by atoms with Crippen molar-refractivity contribution in [2.24, 2.45) is 0 Å². The monoisotopic (exact) mass is 464 g/mol. The van der Waals surface area contributed by atoms with Gasteiger partial charge in [-0.2, -0.15) is 57.1 Å². The molecule has 1 fully saturated rings. The lowest BCUT2D eigenvalue weighted by Crippen LogP contribution is -2.71. The van der Waals surface area contributed by atoms with Gasteiger partial charge < -0.3 is 4.74 Å². The summed E-state index contributed by atoms with van der Waals surface area (Å²) in [7, 11) is 0. The van der Waals surface area contributed by atoms with Crippen molar-refractivity contribution >= 4 is 34.8 Å². The highest BCUT2D eigenvalue weighted by molar-refractivity contribution is 6.48. The molecule has 0 amide bonds. The van der Waals surface area contributed by atoms with Crippen LogP contribution in [0.25, 0.3) is 0 Å². The van der Waals surface area contributed by atoms with Gasteiger partial charge in [0.2, 0.25) is 0 Å². The summed E-state index contributed by atoms with van der Waals surface area (Å²) in [6.45, 7) is 0. The molecule has 25 heavy (non-hydrogen) atoms. The van der Waals surface area contributed by atoms with Crippen molar-refractivity contribution in [1.29, 1.82) is 0 Å². The Labute approximate surface area is 142 Å². The second-order valence-corrected chi connectivity index (χ2v) is 6.37. The highest BCUT2D eigenvalue weighted by atomic mass is 35.5. The molecule has 1 nitrogen and oxygen atoms in total. The van der Waals surface area contributed by atoms with Crippen molar-refractivity contribution in [3.63, 3.8) is 0 Å². The molecule has 1 saturated heterocycles. The Kier molecular flexibility index (Phi) is 4.82. The highest BCUT2D eigenvalue weighted by Gasteiger charge is 2.97. The van der Waals surface area contributed by atoms with Crippen LogP contribution in [0.2, 0.25) is 0 Å².